The van der Waals surface area contributed by atoms with Crippen molar-refractivity contribution in [3.63, 3.8) is 0 Å². The molecule has 0 spiro atoms. The minimum atomic E-state index is -0.386. The molecule has 0 saturated carbocycles. The van der Waals surface area contributed by atoms with Gasteiger partial charge in [-0.05, 0) is 57.8 Å². The smallest absolute Gasteiger partial charge is 0.248 e. The van der Waals surface area contributed by atoms with Crippen LogP contribution in [0.3, 0.4) is 0 Å². The highest BCUT2D eigenvalue weighted by Gasteiger charge is 2.20. The van der Waals surface area contributed by atoms with Crippen LogP contribution < -0.4 is 5.32 Å². The number of amides is 1. The molecule has 19 heavy (non-hydrogen) atoms. The van der Waals surface area contributed by atoms with Crippen LogP contribution in [0.5, 0.6) is 0 Å². The Bertz CT molecular complexity index is 595. The number of nitrogens with zero attached hydrogens (tertiary/aromatic N) is 2. The summed E-state index contributed by atoms with van der Waals surface area (Å²) in [5, 5.41) is 7.16. The lowest BCUT2D eigenvalue weighted by atomic mass is 10.2. The predicted molar refractivity (Wildman–Crippen MR) is 82.1 cm³/mol. The number of anilines is 1. The molecule has 1 unspecified atom stereocenters. The Labute approximate surface area is 128 Å². The zero-order valence-corrected chi connectivity index (χ0v) is 13.7. The Morgan fingerprint density at radius 2 is 1.95 bits per heavy atom. The quantitative estimate of drug-likeness (QED) is 0.868. The predicted octanol–water partition coefficient (Wildman–Crippen LogP) is 3.92. The Morgan fingerprint density at radius 1 is 1.32 bits per heavy atom. The molecule has 0 aliphatic rings. The van der Waals surface area contributed by atoms with Crippen molar-refractivity contribution in [1.29, 1.82) is 0 Å². The lowest BCUT2D eigenvalue weighted by Crippen LogP contribution is -2.25. The van der Waals surface area contributed by atoms with E-state index in [1.807, 2.05) is 44.2 Å². The number of aromatic nitrogens is 2. The number of rotatable bonds is 3. The summed E-state index contributed by atoms with van der Waals surface area (Å²) < 4.78 is 3.25. The molecule has 0 aliphatic heterocycles. The van der Waals surface area contributed by atoms with Gasteiger partial charge in [-0.1, -0.05) is 18.2 Å². The lowest BCUT2D eigenvalue weighted by Gasteiger charge is -2.14. The minimum absolute atomic E-state index is 0.100. The van der Waals surface area contributed by atoms with Gasteiger partial charge in [0.2, 0.25) is 5.91 Å². The fourth-order valence-corrected chi connectivity index (χ4v) is 2.44. The second-order valence-electron chi connectivity index (χ2n) is 4.17. The normalized spacial score (nSPS) is 12.2. The van der Waals surface area contributed by atoms with Crippen molar-refractivity contribution in [2.45, 2.75) is 19.9 Å². The molecule has 1 atom stereocenters. The number of carbonyl (C=O) groups excluding carboxylic acids is 1. The van der Waals surface area contributed by atoms with Crippen molar-refractivity contribution >= 4 is 43.5 Å². The molecule has 1 heterocycles. The number of benzene rings is 1. The number of halogens is 2. The first-order chi connectivity index (χ1) is 9.00. The van der Waals surface area contributed by atoms with Gasteiger partial charge in [-0.25, -0.2) is 0 Å². The van der Waals surface area contributed by atoms with E-state index in [4.69, 9.17) is 0 Å². The van der Waals surface area contributed by atoms with Crippen molar-refractivity contribution in [2.75, 3.05) is 5.32 Å². The van der Waals surface area contributed by atoms with E-state index in [9.17, 15) is 4.79 Å². The molecular weight excluding hydrogens is 374 g/mol. The summed E-state index contributed by atoms with van der Waals surface area (Å²) in [5.74, 6) is -0.100. The summed E-state index contributed by atoms with van der Waals surface area (Å²) in [7, 11) is 0. The number of para-hydroxylation sites is 1. The van der Waals surface area contributed by atoms with Crippen LogP contribution in [0.2, 0.25) is 0 Å². The Morgan fingerprint density at radius 3 is 2.47 bits per heavy atom. The maximum atomic E-state index is 12.2. The van der Waals surface area contributed by atoms with Gasteiger partial charge in [0.05, 0.1) is 10.2 Å². The minimum Gasteiger partial charge on any atom is -0.324 e. The largest absolute Gasteiger partial charge is 0.324 e. The van der Waals surface area contributed by atoms with Crippen LogP contribution in [0.4, 0.5) is 5.69 Å². The fraction of sp³-hybridized carbons (Fsp3) is 0.231. The van der Waals surface area contributed by atoms with Gasteiger partial charge in [0, 0.05) is 5.69 Å². The molecule has 100 valence electrons. The SMILES string of the molecule is Cc1c(Br)c(Br)nn1C(C)C(=O)Nc1ccccc1. The fourth-order valence-electron chi connectivity index (χ4n) is 1.72. The van der Waals surface area contributed by atoms with Gasteiger partial charge < -0.3 is 5.32 Å². The van der Waals surface area contributed by atoms with E-state index in [1.54, 1.807) is 4.68 Å². The number of nitrogens with one attached hydrogen (secondary N) is 1. The van der Waals surface area contributed by atoms with Crippen molar-refractivity contribution in [3.8, 4) is 0 Å². The first kappa shape index (κ1) is 14.3. The molecule has 1 aromatic carbocycles. The molecule has 0 saturated heterocycles. The van der Waals surface area contributed by atoms with Crippen molar-refractivity contribution < 1.29 is 4.79 Å². The summed E-state index contributed by atoms with van der Waals surface area (Å²) in [6.07, 6.45) is 0. The lowest BCUT2D eigenvalue weighted by molar-refractivity contribution is -0.119. The zero-order chi connectivity index (χ0) is 14.0. The van der Waals surface area contributed by atoms with Gasteiger partial charge in [0.1, 0.15) is 10.6 Å². The molecule has 2 aromatic rings. The average Bonchev–Trinajstić information content (AvgIpc) is 2.67. The summed E-state index contributed by atoms with van der Waals surface area (Å²) in [4.78, 5) is 12.2. The highest BCUT2D eigenvalue weighted by atomic mass is 79.9. The van der Waals surface area contributed by atoms with Gasteiger partial charge in [-0.2, -0.15) is 5.10 Å². The van der Waals surface area contributed by atoms with E-state index in [1.165, 1.54) is 0 Å². The summed E-state index contributed by atoms with van der Waals surface area (Å²) in [6, 6.07) is 8.99. The Kier molecular flexibility index (Phi) is 4.42. The van der Waals surface area contributed by atoms with Crippen LogP contribution >= 0.6 is 31.9 Å². The molecule has 0 bridgehead atoms. The third kappa shape index (κ3) is 3.06. The molecule has 1 N–H and O–H groups in total. The summed E-state index contributed by atoms with van der Waals surface area (Å²) in [5.41, 5.74) is 1.69. The molecule has 1 amide bonds. The van der Waals surface area contributed by atoms with E-state index < -0.39 is 0 Å². The van der Waals surface area contributed by atoms with Gasteiger partial charge in [0.15, 0.2) is 0 Å². The van der Waals surface area contributed by atoms with Crippen LogP contribution in [-0.2, 0) is 4.79 Å². The second kappa shape index (κ2) is 5.88. The zero-order valence-electron chi connectivity index (χ0n) is 10.5. The van der Waals surface area contributed by atoms with Gasteiger partial charge in [-0.3, -0.25) is 9.48 Å². The van der Waals surface area contributed by atoms with Gasteiger partial charge >= 0.3 is 0 Å². The molecule has 0 radical (unpaired) electrons. The molecule has 0 aliphatic carbocycles. The molecule has 4 nitrogen and oxygen atoms in total. The Balaban J connectivity index is 2.17. The topological polar surface area (TPSA) is 46.9 Å². The van der Waals surface area contributed by atoms with Crippen LogP contribution in [0.15, 0.2) is 39.4 Å². The van der Waals surface area contributed by atoms with E-state index in [0.717, 1.165) is 15.9 Å². The molecule has 1 aromatic heterocycles. The summed E-state index contributed by atoms with van der Waals surface area (Å²) >= 11 is 6.76. The van der Waals surface area contributed by atoms with Gasteiger partial charge in [0.25, 0.3) is 0 Å². The van der Waals surface area contributed by atoms with E-state index >= 15 is 0 Å². The van der Waals surface area contributed by atoms with Crippen LogP contribution in [0, 0.1) is 6.92 Å². The van der Waals surface area contributed by atoms with Crippen LogP contribution in [0.25, 0.3) is 0 Å². The van der Waals surface area contributed by atoms with E-state index in [0.29, 0.717) is 4.60 Å². The number of carbonyl (C=O) groups is 1. The number of hydrogen-bond donors (Lipinski definition) is 1. The van der Waals surface area contributed by atoms with E-state index in [-0.39, 0.29) is 11.9 Å². The Hall–Kier alpha value is -1.14. The van der Waals surface area contributed by atoms with Crippen molar-refractivity contribution in [2.24, 2.45) is 0 Å². The highest BCUT2D eigenvalue weighted by Crippen LogP contribution is 2.27. The first-order valence-electron chi connectivity index (χ1n) is 5.76. The van der Waals surface area contributed by atoms with Crippen molar-refractivity contribution in [3.05, 3.63) is 45.1 Å². The van der Waals surface area contributed by atoms with Gasteiger partial charge in [-0.15, -0.1) is 0 Å². The molecule has 2 rings (SSSR count). The van der Waals surface area contributed by atoms with Crippen molar-refractivity contribution in [1.82, 2.24) is 9.78 Å². The highest BCUT2D eigenvalue weighted by molar-refractivity contribution is 9.13. The molecule has 0 fully saturated rings. The maximum absolute atomic E-state index is 12.2. The first-order valence-corrected chi connectivity index (χ1v) is 7.35. The third-order valence-electron chi connectivity index (χ3n) is 2.83. The summed E-state index contributed by atoms with van der Waals surface area (Å²) in [6.45, 7) is 3.73. The average molecular weight is 387 g/mol. The monoisotopic (exact) mass is 385 g/mol. The van der Waals surface area contributed by atoms with Crippen LogP contribution in [0.1, 0.15) is 18.7 Å². The standard InChI is InChI=1S/C13H13Br2N3O/c1-8-11(14)12(15)17-18(8)9(2)13(19)16-10-6-4-3-5-7-10/h3-7,9H,1-2H3,(H,16,19). The molecular formula is C13H13Br2N3O. The van der Waals surface area contributed by atoms with E-state index in [2.05, 4.69) is 42.3 Å². The third-order valence-corrected chi connectivity index (χ3v) is 4.86. The number of hydrogen-bond acceptors (Lipinski definition) is 2. The molecule has 6 heteroatoms. The maximum Gasteiger partial charge on any atom is 0.248 e. The van der Waals surface area contributed by atoms with Crippen LogP contribution in [-0.4, -0.2) is 15.7 Å². The second-order valence-corrected chi connectivity index (χ2v) is 5.71.